The Labute approximate surface area is 129 Å². The summed E-state index contributed by atoms with van der Waals surface area (Å²) in [5, 5.41) is 9.74. The van der Waals surface area contributed by atoms with Gasteiger partial charge in [-0.15, -0.1) is 0 Å². The van der Waals surface area contributed by atoms with Gasteiger partial charge in [-0.3, -0.25) is 0 Å². The van der Waals surface area contributed by atoms with E-state index in [0.717, 1.165) is 5.75 Å². The van der Waals surface area contributed by atoms with E-state index in [1.54, 1.807) is 0 Å². The van der Waals surface area contributed by atoms with Crippen molar-refractivity contribution < 1.29 is 19.0 Å². The Morgan fingerprint density at radius 2 is 1.59 bits per heavy atom. The van der Waals surface area contributed by atoms with Crippen molar-refractivity contribution in [1.82, 2.24) is 0 Å². The minimum Gasteiger partial charge on any atom is -0.491 e. The summed E-state index contributed by atoms with van der Waals surface area (Å²) < 4.78 is 23.5. The van der Waals surface area contributed by atoms with Crippen molar-refractivity contribution in [3.8, 4) is 23.3 Å². The molecule has 0 aliphatic heterocycles. The SMILES string of the molecule is O[C@@H](CC#CCOc1ccccc1)COc1ccc(F)cc1. The van der Waals surface area contributed by atoms with Gasteiger partial charge in [-0.25, -0.2) is 4.39 Å². The van der Waals surface area contributed by atoms with Crippen molar-refractivity contribution in [2.24, 2.45) is 0 Å². The van der Waals surface area contributed by atoms with Crippen LogP contribution < -0.4 is 9.47 Å². The fourth-order valence-corrected chi connectivity index (χ4v) is 1.66. The van der Waals surface area contributed by atoms with Gasteiger partial charge in [0, 0.05) is 6.42 Å². The van der Waals surface area contributed by atoms with Gasteiger partial charge < -0.3 is 14.6 Å². The molecule has 114 valence electrons. The van der Waals surface area contributed by atoms with Crippen LogP contribution in [0.1, 0.15) is 6.42 Å². The van der Waals surface area contributed by atoms with Crippen molar-refractivity contribution >= 4 is 0 Å². The molecule has 2 aromatic rings. The van der Waals surface area contributed by atoms with Crippen molar-refractivity contribution in [2.45, 2.75) is 12.5 Å². The number of halogens is 1. The Kier molecular flexibility index (Phi) is 6.28. The first kappa shape index (κ1) is 15.9. The zero-order valence-electron chi connectivity index (χ0n) is 12.0. The summed E-state index contributed by atoms with van der Waals surface area (Å²) in [5.74, 6) is 6.62. The number of aliphatic hydroxyl groups excluding tert-OH is 1. The van der Waals surface area contributed by atoms with E-state index in [4.69, 9.17) is 9.47 Å². The molecule has 1 atom stereocenters. The molecule has 2 rings (SSSR count). The number of rotatable bonds is 6. The van der Waals surface area contributed by atoms with E-state index in [1.807, 2.05) is 30.3 Å². The van der Waals surface area contributed by atoms with E-state index >= 15 is 0 Å². The van der Waals surface area contributed by atoms with Crippen LogP contribution in [-0.4, -0.2) is 24.4 Å². The maximum Gasteiger partial charge on any atom is 0.149 e. The third kappa shape index (κ3) is 5.86. The zero-order valence-corrected chi connectivity index (χ0v) is 12.0. The van der Waals surface area contributed by atoms with Gasteiger partial charge in [0.25, 0.3) is 0 Å². The van der Waals surface area contributed by atoms with Gasteiger partial charge in [-0.05, 0) is 36.4 Å². The topological polar surface area (TPSA) is 38.7 Å². The van der Waals surface area contributed by atoms with E-state index < -0.39 is 6.10 Å². The summed E-state index contributed by atoms with van der Waals surface area (Å²) in [6, 6.07) is 15.0. The highest BCUT2D eigenvalue weighted by Crippen LogP contribution is 2.11. The number of benzene rings is 2. The molecular formula is C18H17FO3. The molecule has 0 bridgehead atoms. The number of hydrogen-bond acceptors (Lipinski definition) is 3. The molecule has 4 heteroatoms. The largest absolute Gasteiger partial charge is 0.491 e. The lowest BCUT2D eigenvalue weighted by atomic mass is 10.2. The zero-order chi connectivity index (χ0) is 15.6. The molecule has 0 saturated carbocycles. The summed E-state index contributed by atoms with van der Waals surface area (Å²) in [6.45, 7) is 0.384. The third-order valence-electron chi connectivity index (χ3n) is 2.77. The van der Waals surface area contributed by atoms with Crippen molar-refractivity contribution in [3.05, 3.63) is 60.4 Å². The highest BCUT2D eigenvalue weighted by atomic mass is 19.1. The van der Waals surface area contributed by atoms with Crippen molar-refractivity contribution in [3.63, 3.8) is 0 Å². The fourth-order valence-electron chi connectivity index (χ4n) is 1.66. The van der Waals surface area contributed by atoms with Crippen molar-refractivity contribution in [1.29, 1.82) is 0 Å². The summed E-state index contributed by atoms with van der Waals surface area (Å²) in [5.41, 5.74) is 0. The monoisotopic (exact) mass is 300 g/mol. The molecule has 22 heavy (non-hydrogen) atoms. The quantitative estimate of drug-likeness (QED) is 0.833. The predicted molar refractivity (Wildman–Crippen MR) is 82.2 cm³/mol. The maximum atomic E-state index is 12.7. The molecule has 0 saturated heterocycles. The molecule has 0 radical (unpaired) electrons. The van der Waals surface area contributed by atoms with Crippen LogP contribution in [0.25, 0.3) is 0 Å². The Balaban J connectivity index is 1.64. The Morgan fingerprint density at radius 3 is 2.32 bits per heavy atom. The minimum atomic E-state index is -0.700. The first-order valence-electron chi connectivity index (χ1n) is 6.94. The van der Waals surface area contributed by atoms with Crippen LogP contribution in [0, 0.1) is 17.7 Å². The molecule has 1 N–H and O–H groups in total. The van der Waals surface area contributed by atoms with E-state index in [2.05, 4.69) is 11.8 Å². The van der Waals surface area contributed by atoms with E-state index in [9.17, 15) is 9.50 Å². The number of aliphatic hydroxyl groups is 1. The van der Waals surface area contributed by atoms with Gasteiger partial charge >= 0.3 is 0 Å². The summed E-state index contributed by atoms with van der Waals surface area (Å²) >= 11 is 0. The smallest absolute Gasteiger partial charge is 0.149 e. The number of para-hydroxylation sites is 1. The highest BCUT2D eigenvalue weighted by Gasteiger charge is 2.03. The molecule has 0 spiro atoms. The second-order valence-corrected chi connectivity index (χ2v) is 4.58. The van der Waals surface area contributed by atoms with E-state index in [-0.39, 0.29) is 19.0 Å². The molecule has 0 aliphatic carbocycles. The Hall–Kier alpha value is -2.51. The third-order valence-corrected chi connectivity index (χ3v) is 2.77. The summed E-state index contributed by atoms with van der Waals surface area (Å²) in [7, 11) is 0. The van der Waals surface area contributed by atoms with Gasteiger partial charge in [0.2, 0.25) is 0 Å². The first-order chi connectivity index (χ1) is 10.7. The molecule has 0 heterocycles. The first-order valence-corrected chi connectivity index (χ1v) is 6.94. The molecule has 0 aliphatic rings. The lowest BCUT2D eigenvalue weighted by Gasteiger charge is -2.09. The van der Waals surface area contributed by atoms with Crippen LogP contribution in [-0.2, 0) is 0 Å². The summed E-state index contributed by atoms with van der Waals surface area (Å²) in [6.07, 6.45) is -0.409. The highest BCUT2D eigenvalue weighted by molar-refractivity contribution is 5.22. The predicted octanol–water partition coefficient (Wildman–Crippen LogP) is 3.04. The normalized spacial score (nSPS) is 11.2. The van der Waals surface area contributed by atoms with E-state index in [0.29, 0.717) is 12.2 Å². The van der Waals surface area contributed by atoms with Crippen molar-refractivity contribution in [2.75, 3.05) is 13.2 Å². The Bertz CT molecular complexity index is 614. The summed E-state index contributed by atoms with van der Waals surface area (Å²) in [4.78, 5) is 0. The number of hydrogen-bond donors (Lipinski definition) is 1. The van der Waals surface area contributed by atoms with E-state index in [1.165, 1.54) is 24.3 Å². The van der Waals surface area contributed by atoms with Crippen LogP contribution >= 0.6 is 0 Å². The van der Waals surface area contributed by atoms with Crippen LogP contribution in [0.15, 0.2) is 54.6 Å². The Morgan fingerprint density at radius 1 is 0.909 bits per heavy atom. The molecule has 0 aromatic heterocycles. The average Bonchev–Trinajstić information content (AvgIpc) is 2.55. The minimum absolute atomic E-state index is 0.111. The van der Waals surface area contributed by atoms with Gasteiger partial charge in [-0.1, -0.05) is 30.0 Å². The molecular weight excluding hydrogens is 283 g/mol. The van der Waals surface area contributed by atoms with Crippen LogP contribution in [0.2, 0.25) is 0 Å². The maximum absolute atomic E-state index is 12.7. The van der Waals surface area contributed by atoms with Crippen LogP contribution in [0.4, 0.5) is 4.39 Å². The second kappa shape index (κ2) is 8.71. The molecule has 0 fully saturated rings. The van der Waals surface area contributed by atoms with Gasteiger partial charge in [0.05, 0.1) is 6.10 Å². The van der Waals surface area contributed by atoms with Gasteiger partial charge in [0.1, 0.15) is 30.5 Å². The molecule has 0 unspecified atom stereocenters. The van der Waals surface area contributed by atoms with Crippen LogP contribution in [0.5, 0.6) is 11.5 Å². The number of ether oxygens (including phenoxy) is 2. The van der Waals surface area contributed by atoms with Gasteiger partial charge in [0.15, 0.2) is 0 Å². The standard InChI is InChI=1S/C18H17FO3/c19-15-9-11-18(12-10-15)22-14-16(20)6-4-5-13-21-17-7-2-1-3-8-17/h1-3,7-12,16,20H,6,13-14H2/t16-/m0/s1. The lowest BCUT2D eigenvalue weighted by molar-refractivity contribution is 0.111. The lowest BCUT2D eigenvalue weighted by Crippen LogP contribution is -2.16. The second-order valence-electron chi connectivity index (χ2n) is 4.58. The molecule has 3 nitrogen and oxygen atoms in total. The van der Waals surface area contributed by atoms with Crippen LogP contribution in [0.3, 0.4) is 0 Å². The fraction of sp³-hybridized carbons (Fsp3) is 0.222. The molecule has 0 amide bonds. The van der Waals surface area contributed by atoms with Gasteiger partial charge in [-0.2, -0.15) is 0 Å². The molecule has 2 aromatic carbocycles. The average molecular weight is 300 g/mol.